The highest BCUT2D eigenvalue weighted by Gasteiger charge is 2.33. The maximum absolute atomic E-state index is 14.0. The lowest BCUT2D eigenvalue weighted by molar-refractivity contribution is -0.384. The Bertz CT molecular complexity index is 1530. The number of nitrogens with zero attached hydrogens (tertiary/aromatic N) is 3. The molecule has 0 bridgehead atoms. The van der Waals surface area contributed by atoms with Gasteiger partial charge >= 0.3 is 0 Å². The van der Waals surface area contributed by atoms with E-state index in [0.717, 1.165) is 36.1 Å². The molecular weight excluding hydrogens is 560 g/mol. The SMILES string of the molecule is COc1cccc(CN(C(=O)CN(c2cccc([N+](=O)[O-])c2)S(=O)(=O)c2ccccc2)C(C)C(=O)NC2CCCC2)c1. The van der Waals surface area contributed by atoms with Crippen LogP contribution in [0, 0.1) is 10.1 Å². The molecule has 12 heteroatoms. The topological polar surface area (TPSA) is 139 Å². The summed E-state index contributed by atoms with van der Waals surface area (Å²) in [6.45, 7) is 0.915. The van der Waals surface area contributed by atoms with Gasteiger partial charge in [-0.1, -0.05) is 49.2 Å². The summed E-state index contributed by atoms with van der Waals surface area (Å²) in [6.07, 6.45) is 3.75. The lowest BCUT2D eigenvalue weighted by Crippen LogP contribution is -2.52. The summed E-state index contributed by atoms with van der Waals surface area (Å²) < 4.78 is 33.8. The molecule has 1 unspecified atom stereocenters. The second kappa shape index (κ2) is 13.5. The van der Waals surface area contributed by atoms with Crippen molar-refractivity contribution in [1.29, 1.82) is 0 Å². The van der Waals surface area contributed by atoms with Crippen molar-refractivity contribution < 1.29 is 27.7 Å². The first-order valence-corrected chi connectivity index (χ1v) is 15.1. The number of carbonyl (C=O) groups is 2. The summed E-state index contributed by atoms with van der Waals surface area (Å²) in [7, 11) is -2.81. The van der Waals surface area contributed by atoms with Gasteiger partial charge < -0.3 is 15.0 Å². The number of sulfonamides is 1. The standard InChI is InChI=1S/C30H34N4O7S/c1-22(30(36)31-24-11-6-7-12-24)32(20-23-10-8-15-27(18-23)41-2)29(35)21-33(25-13-9-14-26(19-25)34(37)38)42(39,40)28-16-4-3-5-17-28/h3-5,8-10,13-19,22,24H,6-7,11-12,20-21H2,1-2H3,(H,31,36). The fourth-order valence-electron chi connectivity index (χ4n) is 4.95. The van der Waals surface area contributed by atoms with E-state index in [0.29, 0.717) is 11.3 Å². The minimum atomic E-state index is -4.33. The van der Waals surface area contributed by atoms with Gasteiger partial charge in [0, 0.05) is 24.7 Å². The fraction of sp³-hybridized carbons (Fsp3) is 0.333. The van der Waals surface area contributed by atoms with Gasteiger partial charge in [0.2, 0.25) is 11.8 Å². The normalized spacial score (nSPS) is 14.1. The van der Waals surface area contributed by atoms with E-state index in [1.807, 2.05) is 0 Å². The molecule has 1 aliphatic rings. The Hall–Kier alpha value is -4.45. The third-order valence-electron chi connectivity index (χ3n) is 7.29. The van der Waals surface area contributed by atoms with Crippen molar-refractivity contribution in [3.63, 3.8) is 0 Å². The maximum Gasteiger partial charge on any atom is 0.271 e. The molecule has 222 valence electrons. The van der Waals surface area contributed by atoms with Gasteiger partial charge in [0.15, 0.2) is 0 Å². The van der Waals surface area contributed by atoms with E-state index in [2.05, 4.69) is 5.32 Å². The molecule has 0 aromatic heterocycles. The van der Waals surface area contributed by atoms with E-state index in [1.54, 1.807) is 49.4 Å². The number of rotatable bonds is 12. The number of methoxy groups -OCH3 is 1. The molecule has 0 heterocycles. The van der Waals surface area contributed by atoms with Gasteiger partial charge in [0.1, 0.15) is 18.3 Å². The fourth-order valence-corrected chi connectivity index (χ4v) is 6.38. The molecule has 3 aromatic carbocycles. The molecule has 3 aromatic rings. The first kappa shape index (κ1) is 30.5. The quantitative estimate of drug-likeness (QED) is 0.244. The molecule has 0 radical (unpaired) electrons. The van der Waals surface area contributed by atoms with Crippen molar-refractivity contribution in [3.05, 3.63) is 94.5 Å². The summed E-state index contributed by atoms with van der Waals surface area (Å²) in [6, 6.07) is 18.7. The van der Waals surface area contributed by atoms with Crippen LogP contribution in [0.15, 0.2) is 83.8 Å². The van der Waals surface area contributed by atoms with E-state index in [4.69, 9.17) is 4.74 Å². The first-order valence-electron chi connectivity index (χ1n) is 13.6. The highest BCUT2D eigenvalue weighted by molar-refractivity contribution is 7.92. The summed E-state index contributed by atoms with van der Waals surface area (Å²) in [5.74, 6) is -0.434. The number of hydrogen-bond acceptors (Lipinski definition) is 7. The largest absolute Gasteiger partial charge is 0.497 e. The Morgan fingerprint density at radius 1 is 1.02 bits per heavy atom. The summed E-state index contributed by atoms with van der Waals surface area (Å²) >= 11 is 0. The lowest BCUT2D eigenvalue weighted by Gasteiger charge is -2.32. The predicted molar refractivity (Wildman–Crippen MR) is 157 cm³/mol. The van der Waals surface area contributed by atoms with Gasteiger partial charge in [-0.05, 0) is 55.7 Å². The molecule has 42 heavy (non-hydrogen) atoms. The van der Waals surface area contributed by atoms with Crippen molar-refractivity contribution in [2.24, 2.45) is 0 Å². The van der Waals surface area contributed by atoms with E-state index < -0.39 is 33.4 Å². The second-order valence-electron chi connectivity index (χ2n) is 10.1. The number of hydrogen-bond donors (Lipinski definition) is 1. The number of non-ortho nitro benzene ring substituents is 1. The van der Waals surface area contributed by atoms with Crippen LogP contribution in [0.25, 0.3) is 0 Å². The Morgan fingerprint density at radius 2 is 1.71 bits per heavy atom. The molecule has 1 fully saturated rings. The van der Waals surface area contributed by atoms with E-state index in [1.165, 1.54) is 42.3 Å². The van der Waals surface area contributed by atoms with E-state index in [9.17, 15) is 28.1 Å². The molecule has 0 saturated heterocycles. The van der Waals surface area contributed by atoms with Crippen molar-refractivity contribution in [2.45, 2.75) is 56.1 Å². The molecule has 4 rings (SSSR count). The van der Waals surface area contributed by atoms with Crippen LogP contribution >= 0.6 is 0 Å². The molecule has 1 aliphatic carbocycles. The molecule has 0 aliphatic heterocycles. The van der Waals surface area contributed by atoms with Gasteiger partial charge in [-0.2, -0.15) is 0 Å². The van der Waals surface area contributed by atoms with Crippen molar-refractivity contribution in [3.8, 4) is 5.75 Å². The van der Waals surface area contributed by atoms with Gasteiger partial charge in [-0.3, -0.25) is 24.0 Å². The Morgan fingerprint density at radius 3 is 2.38 bits per heavy atom. The molecule has 2 amide bonds. The number of nitro groups is 1. The third-order valence-corrected chi connectivity index (χ3v) is 9.08. The van der Waals surface area contributed by atoms with Crippen LogP contribution in [0.2, 0.25) is 0 Å². The molecule has 11 nitrogen and oxygen atoms in total. The van der Waals surface area contributed by atoms with E-state index in [-0.39, 0.29) is 34.8 Å². The van der Waals surface area contributed by atoms with Crippen molar-refractivity contribution in [2.75, 3.05) is 18.0 Å². The van der Waals surface area contributed by atoms with Crippen LogP contribution < -0.4 is 14.4 Å². The Balaban J connectivity index is 1.71. The van der Waals surface area contributed by atoms with Gasteiger partial charge in [-0.25, -0.2) is 8.42 Å². The van der Waals surface area contributed by atoms with Crippen LogP contribution in [-0.2, 0) is 26.2 Å². The maximum atomic E-state index is 14.0. The third kappa shape index (κ3) is 7.24. The number of benzene rings is 3. The molecule has 1 N–H and O–H groups in total. The lowest BCUT2D eigenvalue weighted by atomic mass is 10.1. The summed E-state index contributed by atoms with van der Waals surface area (Å²) in [5, 5.41) is 14.5. The first-order chi connectivity index (χ1) is 20.1. The minimum absolute atomic E-state index is 0.00342. The average molecular weight is 595 g/mol. The monoisotopic (exact) mass is 594 g/mol. The molecule has 1 atom stereocenters. The second-order valence-corrected chi connectivity index (χ2v) is 12.0. The highest BCUT2D eigenvalue weighted by atomic mass is 32.2. The van der Waals surface area contributed by atoms with Crippen LogP contribution in [-0.4, -0.2) is 55.8 Å². The predicted octanol–water partition coefficient (Wildman–Crippen LogP) is 4.27. The van der Waals surface area contributed by atoms with Crippen LogP contribution in [0.4, 0.5) is 11.4 Å². The van der Waals surface area contributed by atoms with Gasteiger partial charge in [-0.15, -0.1) is 0 Å². The van der Waals surface area contributed by atoms with Crippen molar-refractivity contribution in [1.82, 2.24) is 10.2 Å². The van der Waals surface area contributed by atoms with Crippen LogP contribution in [0.1, 0.15) is 38.2 Å². The average Bonchev–Trinajstić information content (AvgIpc) is 3.51. The number of ether oxygens (including phenoxy) is 1. The zero-order chi connectivity index (χ0) is 30.3. The number of amides is 2. The molecule has 1 saturated carbocycles. The minimum Gasteiger partial charge on any atom is -0.497 e. The number of anilines is 1. The Labute approximate surface area is 245 Å². The smallest absolute Gasteiger partial charge is 0.271 e. The van der Waals surface area contributed by atoms with Crippen LogP contribution in [0.5, 0.6) is 5.75 Å². The van der Waals surface area contributed by atoms with Gasteiger partial charge in [0.25, 0.3) is 15.7 Å². The summed E-state index contributed by atoms with van der Waals surface area (Å²) in [5.41, 5.74) is 0.299. The molecule has 0 spiro atoms. The van der Waals surface area contributed by atoms with E-state index >= 15 is 0 Å². The summed E-state index contributed by atoms with van der Waals surface area (Å²) in [4.78, 5) is 39.5. The number of nitro benzene ring substituents is 1. The van der Waals surface area contributed by atoms with Crippen molar-refractivity contribution >= 4 is 33.2 Å². The Kier molecular flexibility index (Phi) is 9.79. The zero-order valence-electron chi connectivity index (χ0n) is 23.5. The zero-order valence-corrected chi connectivity index (χ0v) is 24.3. The van der Waals surface area contributed by atoms with Gasteiger partial charge in [0.05, 0.1) is 22.6 Å². The number of nitrogens with one attached hydrogen (secondary N) is 1. The number of carbonyl (C=O) groups excluding carboxylic acids is 2. The highest BCUT2D eigenvalue weighted by Crippen LogP contribution is 2.28. The molecular formula is C30H34N4O7S. The van der Waals surface area contributed by atoms with Crippen LogP contribution in [0.3, 0.4) is 0 Å².